The molecule has 96 valence electrons. The smallest absolute Gasteiger partial charge is 0.0935 e. The maximum absolute atomic E-state index is 6.04. The molecule has 1 aliphatic rings. The fourth-order valence-electron chi connectivity index (χ4n) is 2.63. The number of furan rings is 1. The van der Waals surface area contributed by atoms with Gasteiger partial charge < -0.3 is 14.5 Å². The van der Waals surface area contributed by atoms with Crippen LogP contribution in [0.15, 0.2) is 23.0 Å². The van der Waals surface area contributed by atoms with E-state index in [1.165, 1.54) is 18.4 Å². The first-order chi connectivity index (χ1) is 8.24. The highest BCUT2D eigenvalue weighted by Crippen LogP contribution is 2.29. The van der Waals surface area contributed by atoms with E-state index in [0.717, 1.165) is 26.0 Å². The Morgan fingerprint density at radius 1 is 1.47 bits per heavy atom. The molecule has 1 aliphatic heterocycles. The van der Waals surface area contributed by atoms with Crippen LogP contribution in [0.2, 0.25) is 0 Å². The lowest BCUT2D eigenvalue weighted by Crippen LogP contribution is -2.53. The summed E-state index contributed by atoms with van der Waals surface area (Å²) in [7, 11) is 0. The summed E-state index contributed by atoms with van der Waals surface area (Å²) < 4.78 is 11.2. The van der Waals surface area contributed by atoms with Gasteiger partial charge in [0.05, 0.1) is 18.1 Å². The molecule has 2 rings (SSSR count). The zero-order valence-electron chi connectivity index (χ0n) is 10.9. The van der Waals surface area contributed by atoms with Gasteiger partial charge in [0.2, 0.25) is 0 Å². The fraction of sp³-hybridized carbons (Fsp3) is 0.714. The molecule has 1 aromatic rings. The lowest BCUT2D eigenvalue weighted by molar-refractivity contribution is -0.0881. The summed E-state index contributed by atoms with van der Waals surface area (Å²) in [4.78, 5) is 0. The fourth-order valence-corrected chi connectivity index (χ4v) is 2.63. The highest BCUT2D eigenvalue weighted by molar-refractivity contribution is 5.10. The number of hydrogen-bond donors (Lipinski definition) is 1. The van der Waals surface area contributed by atoms with E-state index in [1.54, 1.807) is 6.26 Å². The van der Waals surface area contributed by atoms with Crippen LogP contribution in [0, 0.1) is 0 Å². The summed E-state index contributed by atoms with van der Waals surface area (Å²) in [5.41, 5.74) is 1.21. The second-order valence-electron chi connectivity index (χ2n) is 5.06. The van der Waals surface area contributed by atoms with E-state index in [1.807, 2.05) is 12.3 Å². The zero-order chi connectivity index (χ0) is 12.1. The number of rotatable bonds is 5. The standard InChI is InChI=1S/C14H23NO2/c1-3-15-13(10-12-6-9-16-11-12)14(2)7-4-5-8-17-14/h6,9,11,13,15H,3-5,7-8,10H2,1-2H3. The molecule has 0 saturated carbocycles. The SMILES string of the molecule is CCNC(Cc1ccoc1)C1(C)CCCCO1. The quantitative estimate of drug-likeness (QED) is 0.855. The van der Waals surface area contributed by atoms with Gasteiger partial charge in [-0.1, -0.05) is 6.92 Å². The maximum atomic E-state index is 6.04. The third-order valence-corrected chi connectivity index (χ3v) is 3.71. The minimum absolute atomic E-state index is 0.0362. The molecule has 1 aromatic heterocycles. The molecule has 3 heteroatoms. The molecule has 2 atom stereocenters. The Balaban J connectivity index is 2.04. The molecule has 0 aromatic carbocycles. The van der Waals surface area contributed by atoms with E-state index < -0.39 is 0 Å². The van der Waals surface area contributed by atoms with Gasteiger partial charge in [-0.3, -0.25) is 0 Å². The Hall–Kier alpha value is -0.800. The molecule has 1 N–H and O–H groups in total. The average molecular weight is 237 g/mol. The van der Waals surface area contributed by atoms with Gasteiger partial charge in [-0.2, -0.15) is 0 Å². The zero-order valence-corrected chi connectivity index (χ0v) is 10.9. The Morgan fingerprint density at radius 3 is 2.94 bits per heavy atom. The molecule has 17 heavy (non-hydrogen) atoms. The largest absolute Gasteiger partial charge is 0.472 e. The van der Waals surface area contributed by atoms with Crippen molar-refractivity contribution in [3.63, 3.8) is 0 Å². The molecular formula is C14H23NO2. The van der Waals surface area contributed by atoms with Crippen LogP contribution in [0.3, 0.4) is 0 Å². The van der Waals surface area contributed by atoms with Crippen LogP contribution in [0.5, 0.6) is 0 Å². The van der Waals surface area contributed by atoms with Crippen molar-refractivity contribution in [1.82, 2.24) is 5.32 Å². The molecule has 3 nitrogen and oxygen atoms in total. The van der Waals surface area contributed by atoms with Gasteiger partial charge in [-0.25, -0.2) is 0 Å². The second kappa shape index (κ2) is 5.69. The van der Waals surface area contributed by atoms with Gasteiger partial charge in [0, 0.05) is 12.6 Å². The molecule has 0 spiro atoms. The van der Waals surface area contributed by atoms with Crippen molar-refractivity contribution in [2.75, 3.05) is 13.2 Å². The van der Waals surface area contributed by atoms with Crippen molar-refractivity contribution < 1.29 is 9.15 Å². The third-order valence-electron chi connectivity index (χ3n) is 3.71. The van der Waals surface area contributed by atoms with Crippen LogP contribution < -0.4 is 5.32 Å². The second-order valence-corrected chi connectivity index (χ2v) is 5.06. The van der Waals surface area contributed by atoms with Crippen molar-refractivity contribution in [2.24, 2.45) is 0 Å². The van der Waals surface area contributed by atoms with Gasteiger partial charge in [0.1, 0.15) is 0 Å². The molecule has 0 bridgehead atoms. The Bertz CT molecular complexity index is 315. The summed E-state index contributed by atoms with van der Waals surface area (Å²) in [6, 6.07) is 2.40. The van der Waals surface area contributed by atoms with Crippen LogP contribution in [-0.4, -0.2) is 24.8 Å². The summed E-state index contributed by atoms with van der Waals surface area (Å²) >= 11 is 0. The van der Waals surface area contributed by atoms with Crippen LogP contribution in [0.4, 0.5) is 0 Å². The summed E-state index contributed by atoms with van der Waals surface area (Å²) in [6.45, 7) is 6.25. The maximum Gasteiger partial charge on any atom is 0.0935 e. The number of ether oxygens (including phenoxy) is 1. The minimum atomic E-state index is -0.0362. The van der Waals surface area contributed by atoms with Crippen molar-refractivity contribution in [3.05, 3.63) is 24.2 Å². The predicted molar refractivity (Wildman–Crippen MR) is 68.1 cm³/mol. The first kappa shape index (κ1) is 12.7. The molecular weight excluding hydrogens is 214 g/mol. The Kier molecular flexibility index (Phi) is 4.24. The lowest BCUT2D eigenvalue weighted by atomic mass is 9.85. The molecule has 0 radical (unpaired) electrons. The highest BCUT2D eigenvalue weighted by atomic mass is 16.5. The topological polar surface area (TPSA) is 34.4 Å². The Labute approximate surface area is 104 Å². The van der Waals surface area contributed by atoms with E-state index in [0.29, 0.717) is 6.04 Å². The minimum Gasteiger partial charge on any atom is -0.472 e. The molecule has 1 saturated heterocycles. The summed E-state index contributed by atoms with van der Waals surface area (Å²) in [6.07, 6.45) is 8.15. The number of likely N-dealkylation sites (N-methyl/N-ethyl adjacent to an activating group) is 1. The van der Waals surface area contributed by atoms with E-state index in [2.05, 4.69) is 19.2 Å². The van der Waals surface area contributed by atoms with E-state index in [4.69, 9.17) is 9.15 Å². The van der Waals surface area contributed by atoms with E-state index in [-0.39, 0.29) is 5.60 Å². The number of nitrogens with one attached hydrogen (secondary N) is 1. The molecule has 1 fully saturated rings. The van der Waals surface area contributed by atoms with Gasteiger partial charge in [-0.05, 0) is 50.8 Å². The first-order valence-electron chi connectivity index (χ1n) is 6.63. The summed E-state index contributed by atoms with van der Waals surface area (Å²) in [5.74, 6) is 0. The lowest BCUT2D eigenvalue weighted by Gasteiger charge is -2.41. The first-order valence-corrected chi connectivity index (χ1v) is 6.63. The van der Waals surface area contributed by atoms with Crippen LogP contribution >= 0.6 is 0 Å². The summed E-state index contributed by atoms with van der Waals surface area (Å²) in [5, 5.41) is 3.56. The van der Waals surface area contributed by atoms with Crippen molar-refractivity contribution in [2.45, 2.75) is 51.2 Å². The molecule has 0 amide bonds. The molecule has 0 aliphatic carbocycles. The van der Waals surface area contributed by atoms with Gasteiger partial charge in [0.25, 0.3) is 0 Å². The van der Waals surface area contributed by atoms with Gasteiger partial charge in [-0.15, -0.1) is 0 Å². The van der Waals surface area contributed by atoms with Crippen molar-refractivity contribution in [1.29, 1.82) is 0 Å². The molecule has 2 heterocycles. The van der Waals surface area contributed by atoms with Gasteiger partial charge >= 0.3 is 0 Å². The van der Waals surface area contributed by atoms with Gasteiger partial charge in [0.15, 0.2) is 0 Å². The van der Waals surface area contributed by atoms with E-state index >= 15 is 0 Å². The van der Waals surface area contributed by atoms with Crippen molar-refractivity contribution in [3.8, 4) is 0 Å². The van der Waals surface area contributed by atoms with E-state index in [9.17, 15) is 0 Å². The monoisotopic (exact) mass is 237 g/mol. The van der Waals surface area contributed by atoms with Crippen LogP contribution in [0.1, 0.15) is 38.7 Å². The normalized spacial score (nSPS) is 26.9. The van der Waals surface area contributed by atoms with Crippen LogP contribution in [0.25, 0.3) is 0 Å². The number of hydrogen-bond acceptors (Lipinski definition) is 3. The third kappa shape index (κ3) is 3.11. The Morgan fingerprint density at radius 2 is 2.35 bits per heavy atom. The average Bonchev–Trinajstić information content (AvgIpc) is 2.82. The predicted octanol–water partition coefficient (Wildman–Crippen LogP) is 2.76. The molecule has 2 unspecified atom stereocenters. The van der Waals surface area contributed by atoms with Crippen LogP contribution in [-0.2, 0) is 11.2 Å². The highest BCUT2D eigenvalue weighted by Gasteiger charge is 2.36. The van der Waals surface area contributed by atoms with Crippen molar-refractivity contribution >= 4 is 0 Å².